The first kappa shape index (κ1) is 12.3. The second kappa shape index (κ2) is 5.52. The van der Waals surface area contributed by atoms with Gasteiger partial charge in [0.15, 0.2) is 5.65 Å². The lowest BCUT2D eigenvalue weighted by Gasteiger charge is -2.08. The van der Waals surface area contributed by atoms with Crippen LogP contribution in [0.15, 0.2) is 30.7 Å². The number of nitrogens with zero attached hydrogens (tertiary/aromatic N) is 4. The third-order valence-electron chi connectivity index (χ3n) is 2.66. The molecule has 0 radical (unpaired) electrons. The molecule has 3 rings (SSSR count). The zero-order valence-electron chi connectivity index (χ0n) is 11.0. The molecule has 0 spiro atoms. The molecule has 0 amide bonds. The highest BCUT2D eigenvalue weighted by Gasteiger charge is 2.11. The van der Waals surface area contributed by atoms with Crippen LogP contribution in [0.25, 0.3) is 11.0 Å². The van der Waals surface area contributed by atoms with Gasteiger partial charge in [0, 0.05) is 12.7 Å². The van der Waals surface area contributed by atoms with Gasteiger partial charge in [-0.3, -0.25) is 10.1 Å². The van der Waals surface area contributed by atoms with Crippen molar-refractivity contribution in [3.63, 3.8) is 0 Å². The number of rotatable bonds is 5. The fraction of sp³-hybridized carbons (Fsp3) is 0.231. The summed E-state index contributed by atoms with van der Waals surface area (Å²) in [5, 5.41) is 10.7. The lowest BCUT2D eigenvalue weighted by molar-refractivity contribution is 0.466. The number of anilines is 1. The van der Waals surface area contributed by atoms with E-state index < -0.39 is 0 Å². The maximum absolute atomic E-state index is 5.76. The summed E-state index contributed by atoms with van der Waals surface area (Å²) in [7, 11) is 0. The summed E-state index contributed by atoms with van der Waals surface area (Å²) < 4.78 is 5.76. The Morgan fingerprint density at radius 1 is 1.30 bits per heavy atom. The molecule has 3 aromatic rings. The molecule has 0 atom stereocenters. The van der Waals surface area contributed by atoms with E-state index in [1.54, 1.807) is 24.7 Å². The van der Waals surface area contributed by atoms with Gasteiger partial charge < -0.3 is 10.1 Å². The highest BCUT2D eigenvalue weighted by Crippen LogP contribution is 2.26. The van der Waals surface area contributed by atoms with Crippen molar-refractivity contribution in [3.8, 4) is 11.6 Å². The Kier molecular flexibility index (Phi) is 3.40. The van der Waals surface area contributed by atoms with E-state index in [2.05, 4.69) is 37.4 Å². The predicted molar refractivity (Wildman–Crippen MR) is 74.8 cm³/mol. The lowest BCUT2D eigenvalue weighted by atomic mass is 10.4. The molecule has 0 unspecified atom stereocenters. The highest BCUT2D eigenvalue weighted by atomic mass is 16.5. The minimum absolute atomic E-state index is 0.454. The van der Waals surface area contributed by atoms with Crippen molar-refractivity contribution in [2.45, 2.75) is 13.3 Å². The van der Waals surface area contributed by atoms with Crippen LogP contribution >= 0.6 is 0 Å². The highest BCUT2D eigenvalue weighted by molar-refractivity contribution is 5.80. The van der Waals surface area contributed by atoms with Crippen LogP contribution < -0.4 is 10.1 Å². The van der Waals surface area contributed by atoms with Crippen molar-refractivity contribution in [3.05, 3.63) is 30.7 Å². The number of ether oxygens (including phenoxy) is 1. The van der Waals surface area contributed by atoms with Gasteiger partial charge in [0.25, 0.3) is 0 Å². The van der Waals surface area contributed by atoms with Gasteiger partial charge in [-0.25, -0.2) is 0 Å². The van der Waals surface area contributed by atoms with Gasteiger partial charge >= 0.3 is 0 Å². The van der Waals surface area contributed by atoms with E-state index in [9.17, 15) is 0 Å². The van der Waals surface area contributed by atoms with E-state index in [1.165, 1.54) is 0 Å². The lowest BCUT2D eigenvalue weighted by Crippen LogP contribution is -2.05. The summed E-state index contributed by atoms with van der Waals surface area (Å²) in [6.45, 7) is 2.88. The van der Waals surface area contributed by atoms with Gasteiger partial charge in [-0.2, -0.15) is 15.1 Å². The second-order valence-corrected chi connectivity index (χ2v) is 4.20. The van der Waals surface area contributed by atoms with Crippen molar-refractivity contribution in [1.29, 1.82) is 0 Å². The SMILES string of the molecule is CCCNc1nc(Oc2cccnc2)c2cn[nH]c2n1. The van der Waals surface area contributed by atoms with Gasteiger partial charge in [-0.1, -0.05) is 6.92 Å². The summed E-state index contributed by atoms with van der Waals surface area (Å²) in [5.41, 5.74) is 0.637. The average molecular weight is 270 g/mol. The molecule has 0 aliphatic carbocycles. The third kappa shape index (κ3) is 2.51. The van der Waals surface area contributed by atoms with Crippen molar-refractivity contribution in [2.24, 2.45) is 0 Å². The number of pyridine rings is 1. The number of nitrogens with one attached hydrogen (secondary N) is 2. The molecule has 20 heavy (non-hydrogen) atoms. The van der Waals surface area contributed by atoms with Crippen molar-refractivity contribution < 1.29 is 4.74 Å². The zero-order chi connectivity index (χ0) is 13.8. The largest absolute Gasteiger partial charge is 0.436 e. The van der Waals surface area contributed by atoms with Gasteiger partial charge in [-0.15, -0.1) is 0 Å². The first-order valence-corrected chi connectivity index (χ1v) is 6.39. The van der Waals surface area contributed by atoms with Crippen LogP contribution in [0.5, 0.6) is 11.6 Å². The van der Waals surface area contributed by atoms with Crippen LogP contribution in [0.4, 0.5) is 5.95 Å². The smallest absolute Gasteiger partial charge is 0.235 e. The van der Waals surface area contributed by atoms with Crippen molar-refractivity contribution in [2.75, 3.05) is 11.9 Å². The molecule has 0 aliphatic heterocycles. The molecule has 0 fully saturated rings. The normalized spacial score (nSPS) is 10.7. The maximum Gasteiger partial charge on any atom is 0.235 e. The summed E-state index contributed by atoms with van der Waals surface area (Å²) in [4.78, 5) is 12.7. The number of aromatic amines is 1. The molecule has 3 heterocycles. The van der Waals surface area contributed by atoms with E-state index in [0.717, 1.165) is 18.4 Å². The first-order valence-electron chi connectivity index (χ1n) is 6.39. The Labute approximate surface area is 115 Å². The average Bonchev–Trinajstić information content (AvgIpc) is 2.95. The number of hydrogen-bond acceptors (Lipinski definition) is 6. The topological polar surface area (TPSA) is 88.6 Å². The van der Waals surface area contributed by atoms with Crippen LogP contribution in [-0.2, 0) is 0 Å². The molecule has 3 aromatic heterocycles. The Morgan fingerprint density at radius 2 is 2.25 bits per heavy atom. The van der Waals surface area contributed by atoms with Crippen molar-refractivity contribution >= 4 is 17.0 Å². The Hall–Kier alpha value is -2.70. The zero-order valence-corrected chi connectivity index (χ0v) is 11.0. The minimum atomic E-state index is 0.454. The predicted octanol–water partition coefficient (Wildman–Crippen LogP) is 2.36. The quantitative estimate of drug-likeness (QED) is 0.740. The molecule has 0 saturated carbocycles. The van der Waals surface area contributed by atoms with Gasteiger partial charge in [-0.05, 0) is 18.6 Å². The molecule has 0 aromatic carbocycles. The number of fused-ring (bicyclic) bond motifs is 1. The van der Waals surface area contributed by atoms with Crippen LogP contribution in [0, 0.1) is 0 Å². The van der Waals surface area contributed by atoms with Gasteiger partial charge in [0.2, 0.25) is 11.8 Å². The maximum atomic E-state index is 5.76. The van der Waals surface area contributed by atoms with Crippen LogP contribution in [-0.4, -0.2) is 31.7 Å². The first-order chi connectivity index (χ1) is 9.86. The Bertz CT molecular complexity index is 696. The van der Waals surface area contributed by atoms with E-state index in [4.69, 9.17) is 4.74 Å². The van der Waals surface area contributed by atoms with Crippen molar-refractivity contribution in [1.82, 2.24) is 25.1 Å². The fourth-order valence-corrected chi connectivity index (χ4v) is 1.72. The fourth-order valence-electron chi connectivity index (χ4n) is 1.72. The van der Waals surface area contributed by atoms with E-state index in [-0.39, 0.29) is 0 Å². The van der Waals surface area contributed by atoms with Gasteiger partial charge in [0.1, 0.15) is 11.1 Å². The second-order valence-electron chi connectivity index (χ2n) is 4.20. The monoisotopic (exact) mass is 270 g/mol. The summed E-state index contributed by atoms with van der Waals surface area (Å²) >= 11 is 0. The number of aromatic nitrogens is 5. The van der Waals surface area contributed by atoms with E-state index >= 15 is 0 Å². The third-order valence-corrected chi connectivity index (χ3v) is 2.66. The van der Waals surface area contributed by atoms with Crippen LogP contribution in [0.1, 0.15) is 13.3 Å². The summed E-state index contributed by atoms with van der Waals surface area (Å²) in [6, 6.07) is 3.62. The van der Waals surface area contributed by atoms with Gasteiger partial charge in [0.05, 0.1) is 12.4 Å². The molecule has 0 bridgehead atoms. The molecule has 102 valence electrons. The number of H-pyrrole nitrogens is 1. The molecular formula is C13H14N6O. The molecule has 2 N–H and O–H groups in total. The Morgan fingerprint density at radius 3 is 3.05 bits per heavy atom. The Balaban J connectivity index is 1.97. The van der Waals surface area contributed by atoms with Crippen LogP contribution in [0.2, 0.25) is 0 Å². The molecule has 0 aliphatic rings. The summed E-state index contributed by atoms with van der Waals surface area (Å²) in [5.74, 6) is 1.59. The van der Waals surface area contributed by atoms with E-state index in [0.29, 0.717) is 23.2 Å². The van der Waals surface area contributed by atoms with E-state index in [1.807, 2.05) is 6.07 Å². The molecule has 0 saturated heterocycles. The minimum Gasteiger partial charge on any atom is -0.436 e. The van der Waals surface area contributed by atoms with Crippen LogP contribution in [0.3, 0.4) is 0 Å². The molecule has 7 nitrogen and oxygen atoms in total. The standard InChI is InChI=1S/C13H14N6O/c1-2-5-15-13-17-11-10(8-16-19-11)12(18-13)20-9-4-3-6-14-7-9/h3-4,6-8H,2,5H2,1H3,(H2,15,16,17,18,19). The number of hydrogen-bond donors (Lipinski definition) is 2. The molecule has 7 heteroatoms. The molecular weight excluding hydrogens is 256 g/mol. The summed E-state index contributed by atoms with van der Waals surface area (Å²) in [6.07, 6.45) is 5.95.